The van der Waals surface area contributed by atoms with Crippen LogP contribution in [-0.4, -0.2) is 26.3 Å². The van der Waals surface area contributed by atoms with E-state index >= 15 is 0 Å². The molecule has 0 aliphatic rings. The van der Waals surface area contributed by atoms with Crippen LogP contribution in [0.15, 0.2) is 62.1 Å². The number of thiazole rings is 1. The Balaban J connectivity index is 1.39. The van der Waals surface area contributed by atoms with Crippen molar-refractivity contribution in [1.82, 2.24) is 15.2 Å². The van der Waals surface area contributed by atoms with E-state index in [0.717, 1.165) is 16.8 Å². The van der Waals surface area contributed by atoms with Crippen molar-refractivity contribution in [2.75, 3.05) is 5.32 Å². The maximum atomic E-state index is 12.5. The molecule has 0 bridgehead atoms. The Morgan fingerprint density at radius 2 is 2.04 bits per heavy atom. The summed E-state index contributed by atoms with van der Waals surface area (Å²) in [5.74, 6) is 0.885. The first-order valence-electron chi connectivity index (χ1n) is 8.46. The smallest absolute Gasteiger partial charge is 0.277 e. The number of thioether (sulfide) groups is 1. The summed E-state index contributed by atoms with van der Waals surface area (Å²) in [5, 5.41) is 13.2. The van der Waals surface area contributed by atoms with Gasteiger partial charge in [-0.25, -0.2) is 4.98 Å². The summed E-state index contributed by atoms with van der Waals surface area (Å²) in [5.41, 5.74) is 2.58. The fourth-order valence-corrected chi connectivity index (χ4v) is 3.86. The molecule has 0 unspecified atom stereocenters. The minimum absolute atomic E-state index is 0.182. The van der Waals surface area contributed by atoms with Gasteiger partial charge in [-0.1, -0.05) is 42.1 Å². The Kier molecular flexibility index (Phi) is 5.27. The maximum Gasteiger partial charge on any atom is 0.277 e. The van der Waals surface area contributed by atoms with E-state index in [2.05, 4.69) is 20.5 Å². The van der Waals surface area contributed by atoms with Gasteiger partial charge in [0.1, 0.15) is 5.76 Å². The first-order chi connectivity index (χ1) is 13.6. The molecule has 1 N–H and O–H groups in total. The molecule has 0 spiro atoms. The zero-order chi connectivity index (χ0) is 19.5. The van der Waals surface area contributed by atoms with Gasteiger partial charge >= 0.3 is 0 Å². The number of benzene rings is 1. The normalized spacial score (nSPS) is 12.1. The second-order valence-electron chi connectivity index (χ2n) is 5.92. The third kappa shape index (κ3) is 4.00. The molecule has 1 atom stereocenters. The Bertz CT molecular complexity index is 1090. The summed E-state index contributed by atoms with van der Waals surface area (Å²) in [6.45, 7) is 3.60. The number of nitrogens with one attached hydrogen (secondary N) is 1. The Labute approximate surface area is 169 Å². The van der Waals surface area contributed by atoms with E-state index in [1.807, 2.05) is 42.6 Å². The fourth-order valence-electron chi connectivity index (χ4n) is 2.46. The molecule has 9 heteroatoms. The summed E-state index contributed by atoms with van der Waals surface area (Å²) in [6, 6.07) is 11.6. The lowest BCUT2D eigenvalue weighted by Crippen LogP contribution is -2.22. The predicted octanol–water partition coefficient (Wildman–Crippen LogP) is 4.88. The highest BCUT2D eigenvalue weighted by Crippen LogP contribution is 2.29. The first kappa shape index (κ1) is 18.5. The highest BCUT2D eigenvalue weighted by molar-refractivity contribution is 8.00. The molecule has 4 rings (SSSR count). The van der Waals surface area contributed by atoms with Crippen LogP contribution in [0.3, 0.4) is 0 Å². The Morgan fingerprint density at radius 1 is 1.21 bits per heavy atom. The largest absolute Gasteiger partial charge is 0.469 e. The van der Waals surface area contributed by atoms with E-state index in [4.69, 9.17) is 8.83 Å². The Morgan fingerprint density at radius 3 is 2.79 bits per heavy atom. The van der Waals surface area contributed by atoms with Crippen LogP contribution >= 0.6 is 23.1 Å². The third-order valence-corrected chi connectivity index (χ3v) is 5.64. The van der Waals surface area contributed by atoms with Crippen LogP contribution in [0, 0.1) is 6.92 Å². The number of rotatable bonds is 6. The molecule has 0 radical (unpaired) electrons. The number of anilines is 1. The number of hydrogen-bond acceptors (Lipinski definition) is 8. The van der Waals surface area contributed by atoms with Crippen LogP contribution in [0.2, 0.25) is 0 Å². The number of furan rings is 1. The van der Waals surface area contributed by atoms with Gasteiger partial charge < -0.3 is 14.2 Å². The topological polar surface area (TPSA) is 94.0 Å². The van der Waals surface area contributed by atoms with Gasteiger partial charge in [-0.05, 0) is 19.9 Å². The zero-order valence-electron chi connectivity index (χ0n) is 15.1. The van der Waals surface area contributed by atoms with Crippen molar-refractivity contribution >= 4 is 34.1 Å². The molecule has 7 nitrogen and oxygen atoms in total. The van der Waals surface area contributed by atoms with Crippen molar-refractivity contribution in [3.05, 3.63) is 53.8 Å². The van der Waals surface area contributed by atoms with E-state index < -0.39 is 5.25 Å². The third-order valence-electron chi connectivity index (χ3n) is 3.95. The molecule has 0 saturated heterocycles. The Hall–Kier alpha value is -2.91. The lowest BCUT2D eigenvalue weighted by molar-refractivity contribution is -0.115. The van der Waals surface area contributed by atoms with Crippen molar-refractivity contribution in [2.24, 2.45) is 0 Å². The SMILES string of the molecule is Cc1occc1-c1nnc(S[C@@H](C)C(=O)Nc2nc(-c3ccccc3)cs2)o1. The number of nitrogens with zero attached hydrogens (tertiary/aromatic N) is 3. The molecule has 0 aliphatic carbocycles. The molecule has 0 fully saturated rings. The number of carbonyl (C=O) groups excluding carboxylic acids is 1. The van der Waals surface area contributed by atoms with Crippen LogP contribution in [0.25, 0.3) is 22.7 Å². The molecule has 1 amide bonds. The molecule has 3 aromatic heterocycles. The monoisotopic (exact) mass is 412 g/mol. The zero-order valence-corrected chi connectivity index (χ0v) is 16.7. The van der Waals surface area contributed by atoms with E-state index in [0.29, 0.717) is 22.0 Å². The fraction of sp³-hybridized carbons (Fsp3) is 0.158. The summed E-state index contributed by atoms with van der Waals surface area (Å²) >= 11 is 2.58. The predicted molar refractivity (Wildman–Crippen MR) is 108 cm³/mol. The standard InChI is InChI=1S/C19H16N4O3S2/c1-11-14(8-9-25-11)17-22-23-19(26-17)28-12(2)16(24)21-18-20-15(10-27-18)13-6-4-3-5-7-13/h3-10,12H,1-2H3,(H,20,21,24)/t12-/m0/s1. The van der Waals surface area contributed by atoms with Crippen molar-refractivity contribution in [1.29, 1.82) is 0 Å². The summed E-state index contributed by atoms with van der Waals surface area (Å²) in [4.78, 5) is 17.0. The molecular formula is C19H16N4O3S2. The maximum absolute atomic E-state index is 12.5. The van der Waals surface area contributed by atoms with Crippen molar-refractivity contribution in [3.8, 4) is 22.7 Å². The molecule has 1 aromatic carbocycles. The average molecular weight is 412 g/mol. The summed E-state index contributed by atoms with van der Waals surface area (Å²) in [6.07, 6.45) is 1.56. The first-order valence-corrected chi connectivity index (χ1v) is 10.2. The van der Waals surface area contributed by atoms with Crippen LogP contribution in [0.5, 0.6) is 0 Å². The molecule has 4 aromatic rings. The minimum Gasteiger partial charge on any atom is -0.469 e. The molecule has 142 valence electrons. The molecule has 0 saturated carbocycles. The van der Waals surface area contributed by atoms with Gasteiger partial charge in [0.2, 0.25) is 5.91 Å². The highest BCUT2D eigenvalue weighted by atomic mass is 32.2. The number of amides is 1. The number of aromatic nitrogens is 3. The number of carbonyl (C=O) groups is 1. The van der Waals surface area contributed by atoms with Gasteiger partial charge in [-0.3, -0.25) is 4.79 Å². The van der Waals surface area contributed by atoms with Crippen LogP contribution in [0.4, 0.5) is 5.13 Å². The summed E-state index contributed by atoms with van der Waals surface area (Å²) in [7, 11) is 0. The second kappa shape index (κ2) is 7.99. The van der Waals surface area contributed by atoms with E-state index in [1.54, 1.807) is 19.3 Å². The van der Waals surface area contributed by atoms with Gasteiger partial charge in [0.15, 0.2) is 5.13 Å². The van der Waals surface area contributed by atoms with Crippen LogP contribution in [0.1, 0.15) is 12.7 Å². The number of hydrogen-bond donors (Lipinski definition) is 1. The van der Waals surface area contributed by atoms with Crippen molar-refractivity contribution < 1.29 is 13.6 Å². The van der Waals surface area contributed by atoms with Crippen molar-refractivity contribution in [3.63, 3.8) is 0 Å². The van der Waals surface area contributed by atoms with Gasteiger partial charge in [0.25, 0.3) is 11.1 Å². The van der Waals surface area contributed by atoms with E-state index in [9.17, 15) is 4.79 Å². The molecular weight excluding hydrogens is 396 g/mol. The van der Waals surface area contributed by atoms with Crippen LogP contribution in [-0.2, 0) is 4.79 Å². The average Bonchev–Trinajstić information content (AvgIpc) is 3.43. The van der Waals surface area contributed by atoms with Gasteiger partial charge in [0.05, 0.1) is 22.8 Å². The lowest BCUT2D eigenvalue weighted by Gasteiger charge is -2.07. The summed E-state index contributed by atoms with van der Waals surface area (Å²) < 4.78 is 10.9. The quantitative estimate of drug-likeness (QED) is 0.451. The van der Waals surface area contributed by atoms with E-state index in [1.165, 1.54) is 23.1 Å². The molecule has 3 heterocycles. The highest BCUT2D eigenvalue weighted by Gasteiger charge is 2.21. The number of aryl methyl sites for hydroxylation is 1. The van der Waals surface area contributed by atoms with E-state index in [-0.39, 0.29) is 5.91 Å². The molecule has 0 aliphatic heterocycles. The van der Waals surface area contributed by atoms with Crippen molar-refractivity contribution in [2.45, 2.75) is 24.3 Å². The van der Waals surface area contributed by atoms with Gasteiger partial charge in [-0.2, -0.15) is 0 Å². The minimum atomic E-state index is -0.428. The molecule has 28 heavy (non-hydrogen) atoms. The van der Waals surface area contributed by atoms with Gasteiger partial charge in [0, 0.05) is 10.9 Å². The van der Waals surface area contributed by atoms with Crippen LogP contribution < -0.4 is 5.32 Å². The lowest BCUT2D eigenvalue weighted by atomic mass is 10.2. The van der Waals surface area contributed by atoms with Gasteiger partial charge in [-0.15, -0.1) is 21.5 Å². The second-order valence-corrected chi connectivity index (χ2v) is 8.07.